The Kier molecular flexibility index (Phi) is 5.50. The van der Waals surface area contributed by atoms with Crippen LogP contribution in [-0.2, 0) is 19.4 Å². The first-order chi connectivity index (χ1) is 10.1. The third kappa shape index (κ3) is 3.51. The molecule has 0 aliphatic carbocycles. The van der Waals surface area contributed by atoms with E-state index in [1.807, 2.05) is 10.7 Å². The number of nitrogens with two attached hydrogens (primary N) is 1. The summed E-state index contributed by atoms with van der Waals surface area (Å²) in [6, 6.07) is 6.33. The lowest BCUT2D eigenvalue weighted by Crippen LogP contribution is -2.30. The standard InChI is InChI=1S/C15H20BrFN4/c1-3-12-15(16)14(21(4-2)20-12)9-13(19-18)10-6-5-7-11(17)8-10/h5-8,13,19H,3-4,9,18H2,1-2H3. The molecular weight excluding hydrogens is 335 g/mol. The highest BCUT2D eigenvalue weighted by Gasteiger charge is 2.19. The van der Waals surface area contributed by atoms with Gasteiger partial charge in [0.1, 0.15) is 5.82 Å². The molecule has 0 saturated carbocycles. The molecular formula is C15H20BrFN4. The van der Waals surface area contributed by atoms with E-state index in [9.17, 15) is 4.39 Å². The topological polar surface area (TPSA) is 55.9 Å². The highest BCUT2D eigenvalue weighted by atomic mass is 79.9. The molecule has 1 aromatic carbocycles. The summed E-state index contributed by atoms with van der Waals surface area (Å²) < 4.78 is 16.4. The Bertz CT molecular complexity index is 612. The van der Waals surface area contributed by atoms with E-state index >= 15 is 0 Å². The van der Waals surface area contributed by atoms with E-state index < -0.39 is 0 Å². The maximum atomic E-state index is 13.4. The first-order valence-electron chi connectivity index (χ1n) is 7.06. The van der Waals surface area contributed by atoms with E-state index in [2.05, 4.69) is 40.3 Å². The summed E-state index contributed by atoms with van der Waals surface area (Å²) in [4.78, 5) is 0. The Morgan fingerprint density at radius 1 is 1.43 bits per heavy atom. The maximum absolute atomic E-state index is 13.4. The SMILES string of the molecule is CCc1nn(CC)c(CC(NN)c2cccc(F)c2)c1Br. The van der Waals surface area contributed by atoms with E-state index in [0.717, 1.165) is 34.4 Å². The Morgan fingerprint density at radius 2 is 2.19 bits per heavy atom. The van der Waals surface area contributed by atoms with E-state index in [1.54, 1.807) is 6.07 Å². The number of halogens is 2. The Morgan fingerprint density at radius 3 is 2.76 bits per heavy atom. The predicted molar refractivity (Wildman–Crippen MR) is 85.1 cm³/mol. The van der Waals surface area contributed by atoms with Crippen LogP contribution in [0.15, 0.2) is 28.7 Å². The molecule has 2 aromatic rings. The van der Waals surface area contributed by atoms with Gasteiger partial charge in [0, 0.05) is 13.0 Å². The fourth-order valence-electron chi connectivity index (χ4n) is 2.40. The van der Waals surface area contributed by atoms with Gasteiger partial charge in [0.15, 0.2) is 0 Å². The normalized spacial score (nSPS) is 12.6. The van der Waals surface area contributed by atoms with E-state index in [1.165, 1.54) is 12.1 Å². The van der Waals surface area contributed by atoms with Crippen molar-refractivity contribution in [2.75, 3.05) is 0 Å². The minimum Gasteiger partial charge on any atom is -0.271 e. The monoisotopic (exact) mass is 354 g/mol. The molecule has 0 aliphatic heterocycles. The molecule has 0 bridgehead atoms. The molecule has 1 aromatic heterocycles. The number of hydrazine groups is 1. The zero-order chi connectivity index (χ0) is 15.4. The van der Waals surface area contributed by atoms with Gasteiger partial charge in [0.2, 0.25) is 0 Å². The second-order valence-corrected chi connectivity index (χ2v) is 5.65. The molecule has 0 spiro atoms. The van der Waals surface area contributed by atoms with Crippen LogP contribution < -0.4 is 11.3 Å². The average molecular weight is 355 g/mol. The van der Waals surface area contributed by atoms with Gasteiger partial charge in [-0.1, -0.05) is 19.1 Å². The van der Waals surface area contributed by atoms with Crippen molar-refractivity contribution in [3.63, 3.8) is 0 Å². The smallest absolute Gasteiger partial charge is 0.123 e. The number of hydrogen-bond acceptors (Lipinski definition) is 3. The molecule has 0 saturated heterocycles. The van der Waals surface area contributed by atoms with Crippen LogP contribution in [0.5, 0.6) is 0 Å². The number of aromatic nitrogens is 2. The third-order valence-electron chi connectivity index (χ3n) is 3.54. The van der Waals surface area contributed by atoms with Crippen LogP contribution in [0.2, 0.25) is 0 Å². The fraction of sp³-hybridized carbons (Fsp3) is 0.400. The lowest BCUT2D eigenvalue weighted by Gasteiger charge is -2.17. The van der Waals surface area contributed by atoms with Gasteiger partial charge in [-0.15, -0.1) is 0 Å². The van der Waals surface area contributed by atoms with Gasteiger partial charge in [0.05, 0.1) is 21.9 Å². The van der Waals surface area contributed by atoms with Crippen molar-refractivity contribution >= 4 is 15.9 Å². The van der Waals surface area contributed by atoms with Gasteiger partial charge in [-0.3, -0.25) is 16.0 Å². The molecule has 0 amide bonds. The van der Waals surface area contributed by atoms with Crippen LogP contribution in [0, 0.1) is 5.82 Å². The molecule has 1 atom stereocenters. The summed E-state index contributed by atoms with van der Waals surface area (Å²) >= 11 is 3.62. The van der Waals surface area contributed by atoms with Crippen LogP contribution in [0.25, 0.3) is 0 Å². The quantitative estimate of drug-likeness (QED) is 0.618. The number of benzene rings is 1. The third-order valence-corrected chi connectivity index (χ3v) is 4.46. The van der Waals surface area contributed by atoms with Crippen LogP contribution in [-0.4, -0.2) is 9.78 Å². The minimum absolute atomic E-state index is 0.163. The summed E-state index contributed by atoms with van der Waals surface area (Å²) in [6.45, 7) is 4.91. The summed E-state index contributed by atoms with van der Waals surface area (Å²) in [5.74, 6) is 5.41. The van der Waals surface area contributed by atoms with Gasteiger partial charge in [0.25, 0.3) is 0 Å². The molecule has 0 aliphatic rings. The molecule has 0 fully saturated rings. The van der Waals surface area contributed by atoms with Gasteiger partial charge in [-0.2, -0.15) is 5.10 Å². The summed E-state index contributed by atoms with van der Waals surface area (Å²) in [7, 11) is 0. The van der Waals surface area contributed by atoms with E-state index in [0.29, 0.717) is 6.42 Å². The van der Waals surface area contributed by atoms with Crippen molar-refractivity contribution in [3.05, 3.63) is 51.5 Å². The average Bonchev–Trinajstić information content (AvgIpc) is 2.80. The molecule has 2 rings (SSSR count). The maximum Gasteiger partial charge on any atom is 0.123 e. The number of nitrogens with one attached hydrogen (secondary N) is 1. The van der Waals surface area contributed by atoms with Crippen molar-refractivity contribution in [1.82, 2.24) is 15.2 Å². The summed E-state index contributed by atoms with van der Waals surface area (Å²) in [5, 5.41) is 4.57. The Hall–Kier alpha value is -1.24. The largest absolute Gasteiger partial charge is 0.271 e. The van der Waals surface area contributed by atoms with E-state index in [-0.39, 0.29) is 11.9 Å². The molecule has 21 heavy (non-hydrogen) atoms. The van der Waals surface area contributed by atoms with Crippen molar-refractivity contribution in [2.24, 2.45) is 5.84 Å². The molecule has 4 nitrogen and oxygen atoms in total. The van der Waals surface area contributed by atoms with Crippen molar-refractivity contribution < 1.29 is 4.39 Å². The highest BCUT2D eigenvalue weighted by molar-refractivity contribution is 9.10. The first-order valence-corrected chi connectivity index (χ1v) is 7.85. The fourth-order valence-corrected chi connectivity index (χ4v) is 3.13. The molecule has 1 unspecified atom stereocenters. The number of aryl methyl sites for hydroxylation is 2. The lowest BCUT2D eigenvalue weighted by molar-refractivity contribution is 0.512. The van der Waals surface area contributed by atoms with Crippen LogP contribution in [0.4, 0.5) is 4.39 Å². The van der Waals surface area contributed by atoms with Crippen LogP contribution in [0.3, 0.4) is 0 Å². The van der Waals surface area contributed by atoms with Gasteiger partial charge < -0.3 is 0 Å². The zero-order valence-electron chi connectivity index (χ0n) is 12.2. The number of rotatable bonds is 6. The van der Waals surface area contributed by atoms with Crippen molar-refractivity contribution in [1.29, 1.82) is 0 Å². The zero-order valence-corrected chi connectivity index (χ0v) is 13.8. The van der Waals surface area contributed by atoms with Gasteiger partial charge in [-0.25, -0.2) is 4.39 Å². The van der Waals surface area contributed by atoms with Gasteiger partial charge in [-0.05, 0) is 47.0 Å². The van der Waals surface area contributed by atoms with Gasteiger partial charge >= 0.3 is 0 Å². The Balaban J connectivity index is 2.32. The summed E-state index contributed by atoms with van der Waals surface area (Å²) in [6.07, 6.45) is 1.50. The minimum atomic E-state index is -0.259. The van der Waals surface area contributed by atoms with Crippen LogP contribution in [0.1, 0.15) is 36.8 Å². The van der Waals surface area contributed by atoms with Crippen molar-refractivity contribution in [2.45, 2.75) is 39.3 Å². The first kappa shape index (κ1) is 16.1. The highest BCUT2D eigenvalue weighted by Crippen LogP contribution is 2.27. The molecule has 6 heteroatoms. The molecule has 3 N–H and O–H groups in total. The lowest BCUT2D eigenvalue weighted by atomic mass is 10.0. The Labute approximate surface area is 132 Å². The van der Waals surface area contributed by atoms with Crippen LogP contribution >= 0.6 is 15.9 Å². The predicted octanol–water partition coefficient (Wildman–Crippen LogP) is 3.11. The van der Waals surface area contributed by atoms with Crippen molar-refractivity contribution in [3.8, 4) is 0 Å². The second kappa shape index (κ2) is 7.15. The molecule has 0 radical (unpaired) electrons. The molecule has 114 valence electrons. The number of hydrogen-bond donors (Lipinski definition) is 2. The van der Waals surface area contributed by atoms with E-state index in [4.69, 9.17) is 5.84 Å². The molecule has 1 heterocycles. The summed E-state index contributed by atoms with van der Waals surface area (Å²) in [5.41, 5.74) is 5.70. The second-order valence-electron chi connectivity index (χ2n) is 4.86. The number of nitrogens with zero attached hydrogens (tertiary/aromatic N) is 2.